The Kier molecular flexibility index (Phi) is 6.35. The van der Waals surface area contributed by atoms with Gasteiger partial charge in [-0.05, 0) is 37.7 Å². The van der Waals surface area contributed by atoms with Crippen molar-refractivity contribution in [2.24, 2.45) is 11.3 Å². The van der Waals surface area contributed by atoms with E-state index in [1.165, 1.54) is 4.90 Å². The van der Waals surface area contributed by atoms with Crippen molar-refractivity contribution in [1.29, 1.82) is 0 Å². The molecule has 5 atom stereocenters. The van der Waals surface area contributed by atoms with Crippen LogP contribution < -0.4 is 15.6 Å². The predicted molar refractivity (Wildman–Crippen MR) is 139 cm³/mol. The maximum absolute atomic E-state index is 15.3. The number of aliphatic hydroxyl groups is 2. The number of pyridine rings is 2. The molecule has 2 saturated carbocycles. The Morgan fingerprint density at radius 3 is 2.24 bits per heavy atom. The molecule has 3 aromatic rings. The first-order valence-electron chi connectivity index (χ1n) is 13.3. The van der Waals surface area contributed by atoms with Crippen LogP contribution >= 0.6 is 0 Å². The molecule has 4 N–H and O–H groups in total. The predicted octanol–water partition coefficient (Wildman–Crippen LogP) is 2.25. The standard InChI is InChI=1S/C28H26F4N4O6/c1-12-7-27(2-3-28(12,11-27)26(41)42)34-25(40)15-8-36(21-16(30)4-13(29)5-17(21)31)23-14(22(15)39)6-18(32)24(33-23)35-9-19(37)20(38)10-35/h4-6,8,12,19-20,37-38H,2-3,7,9-11H2,1H3,(H,34,40)(H,41,42)/t12?,19-,20-,27?,28?/m1/s1. The van der Waals surface area contributed by atoms with Gasteiger partial charge >= 0.3 is 5.97 Å². The number of benzene rings is 1. The summed E-state index contributed by atoms with van der Waals surface area (Å²) in [6, 6.07) is 1.52. The van der Waals surface area contributed by atoms with Crippen LogP contribution in [0.3, 0.4) is 0 Å². The molecule has 3 fully saturated rings. The zero-order valence-electron chi connectivity index (χ0n) is 22.2. The highest BCUT2D eigenvalue weighted by molar-refractivity contribution is 5.98. The molecular weight excluding hydrogens is 564 g/mol. The van der Waals surface area contributed by atoms with Crippen molar-refractivity contribution < 1.29 is 42.5 Å². The first-order valence-corrected chi connectivity index (χ1v) is 13.3. The quantitative estimate of drug-likeness (QED) is 0.331. The fraction of sp³-hybridized carbons (Fsp3) is 0.429. The molecule has 42 heavy (non-hydrogen) atoms. The van der Waals surface area contributed by atoms with Crippen LogP contribution in [0.4, 0.5) is 23.4 Å². The molecule has 3 aliphatic rings. The number of aliphatic carboxylic acids is 1. The molecule has 3 heterocycles. The minimum atomic E-state index is -1.39. The normalized spacial score (nSPS) is 28.5. The number of carbonyl (C=O) groups excluding carboxylic acids is 1. The Labute approximate surface area is 235 Å². The second kappa shape index (κ2) is 9.49. The molecule has 222 valence electrons. The largest absolute Gasteiger partial charge is 0.481 e. The second-order valence-corrected chi connectivity index (χ2v) is 11.6. The number of β-amino-alcohol motifs (C(OH)–C–C–N with tert-alkyl or cyclic N) is 2. The molecule has 0 spiro atoms. The Morgan fingerprint density at radius 1 is 1.02 bits per heavy atom. The molecule has 1 aromatic carbocycles. The van der Waals surface area contributed by atoms with E-state index in [0.29, 0.717) is 36.0 Å². The number of carbonyl (C=O) groups is 2. The number of nitrogens with one attached hydrogen (secondary N) is 1. The number of aromatic nitrogens is 2. The number of hydrogen-bond acceptors (Lipinski definition) is 7. The number of rotatable bonds is 5. The van der Waals surface area contributed by atoms with Gasteiger partial charge in [-0.3, -0.25) is 19.0 Å². The summed E-state index contributed by atoms with van der Waals surface area (Å²) in [4.78, 5) is 44.5. The van der Waals surface area contributed by atoms with Crippen molar-refractivity contribution in [2.45, 2.75) is 50.4 Å². The average Bonchev–Trinajstić information content (AvgIpc) is 3.53. The van der Waals surface area contributed by atoms with Gasteiger partial charge in [0.2, 0.25) is 5.43 Å². The van der Waals surface area contributed by atoms with Gasteiger partial charge in [0.1, 0.15) is 17.1 Å². The lowest BCUT2D eigenvalue weighted by atomic mass is 9.75. The number of hydrogen-bond donors (Lipinski definition) is 4. The summed E-state index contributed by atoms with van der Waals surface area (Å²) in [6.45, 7) is 1.33. The van der Waals surface area contributed by atoms with E-state index in [2.05, 4.69) is 10.3 Å². The highest BCUT2D eigenvalue weighted by atomic mass is 19.1. The first kappa shape index (κ1) is 28.1. The van der Waals surface area contributed by atoms with E-state index in [-0.39, 0.29) is 25.4 Å². The van der Waals surface area contributed by atoms with Crippen LogP contribution in [0.1, 0.15) is 43.0 Å². The smallest absolute Gasteiger partial charge is 0.309 e. The molecule has 6 rings (SSSR count). The fourth-order valence-electron chi connectivity index (χ4n) is 6.95. The number of halogens is 4. The van der Waals surface area contributed by atoms with Crippen molar-refractivity contribution in [3.8, 4) is 5.69 Å². The van der Waals surface area contributed by atoms with Gasteiger partial charge in [-0.15, -0.1) is 0 Å². The maximum Gasteiger partial charge on any atom is 0.309 e. The number of anilines is 1. The van der Waals surface area contributed by atoms with Crippen molar-refractivity contribution in [1.82, 2.24) is 14.9 Å². The van der Waals surface area contributed by atoms with Gasteiger partial charge in [0, 0.05) is 37.0 Å². The van der Waals surface area contributed by atoms with Crippen molar-refractivity contribution in [3.63, 3.8) is 0 Å². The van der Waals surface area contributed by atoms with E-state index < -0.39 is 91.8 Å². The topological polar surface area (TPSA) is 145 Å². The Hall–Kier alpha value is -4.04. The van der Waals surface area contributed by atoms with Crippen LogP contribution in [-0.2, 0) is 4.79 Å². The molecule has 0 radical (unpaired) electrons. The van der Waals surface area contributed by atoms with Gasteiger partial charge in [-0.2, -0.15) is 0 Å². The molecule has 2 aliphatic carbocycles. The van der Waals surface area contributed by atoms with E-state index in [1.54, 1.807) is 6.92 Å². The van der Waals surface area contributed by atoms with Gasteiger partial charge in [-0.25, -0.2) is 22.5 Å². The van der Waals surface area contributed by atoms with Crippen molar-refractivity contribution in [2.75, 3.05) is 18.0 Å². The Bertz CT molecular complexity index is 1700. The van der Waals surface area contributed by atoms with E-state index in [9.17, 15) is 34.1 Å². The molecule has 1 aliphatic heterocycles. The Balaban J connectivity index is 1.51. The highest BCUT2D eigenvalue weighted by Crippen LogP contribution is 2.59. The van der Waals surface area contributed by atoms with Crippen molar-refractivity contribution in [3.05, 3.63) is 63.5 Å². The van der Waals surface area contributed by atoms with Gasteiger partial charge in [0.15, 0.2) is 28.9 Å². The molecule has 2 aromatic heterocycles. The third-order valence-corrected chi connectivity index (χ3v) is 9.09. The number of aliphatic hydroxyl groups excluding tert-OH is 2. The van der Waals surface area contributed by atoms with Crippen LogP contribution in [0.2, 0.25) is 0 Å². The van der Waals surface area contributed by atoms with Gasteiger partial charge in [-0.1, -0.05) is 6.92 Å². The third-order valence-electron chi connectivity index (χ3n) is 9.09. The van der Waals surface area contributed by atoms with Gasteiger partial charge < -0.3 is 25.5 Å². The van der Waals surface area contributed by atoms with Crippen LogP contribution in [0.5, 0.6) is 0 Å². The summed E-state index contributed by atoms with van der Waals surface area (Å²) in [5.74, 6) is -7.70. The minimum Gasteiger partial charge on any atom is -0.481 e. The molecule has 1 amide bonds. The van der Waals surface area contributed by atoms with Crippen LogP contribution in [0.25, 0.3) is 16.7 Å². The van der Waals surface area contributed by atoms with Gasteiger partial charge in [0.05, 0.1) is 23.0 Å². The summed E-state index contributed by atoms with van der Waals surface area (Å²) in [7, 11) is 0. The number of carboxylic acid groups (broad SMARTS) is 1. The third kappa shape index (κ3) is 4.15. The summed E-state index contributed by atoms with van der Waals surface area (Å²) >= 11 is 0. The minimum absolute atomic E-state index is 0.137. The van der Waals surface area contributed by atoms with Crippen LogP contribution in [0, 0.1) is 34.6 Å². The summed E-state index contributed by atoms with van der Waals surface area (Å²) in [6.07, 6.45) is -0.498. The SMILES string of the molecule is CC1CC2(NC(=O)c3cn(-c4c(F)cc(F)cc4F)c4nc(N5C[C@@H](O)[C@H](O)C5)c(F)cc4c3=O)CCC1(C(=O)O)C2. The second-order valence-electron chi connectivity index (χ2n) is 11.6. The number of nitrogens with zero attached hydrogens (tertiary/aromatic N) is 3. The fourth-order valence-corrected chi connectivity index (χ4v) is 6.95. The van der Waals surface area contributed by atoms with E-state index in [4.69, 9.17) is 0 Å². The summed E-state index contributed by atoms with van der Waals surface area (Å²) < 4.78 is 59.9. The van der Waals surface area contributed by atoms with E-state index in [0.717, 1.165) is 12.3 Å². The van der Waals surface area contributed by atoms with Crippen molar-refractivity contribution >= 4 is 28.7 Å². The summed E-state index contributed by atoms with van der Waals surface area (Å²) in [5, 5.41) is 31.9. The van der Waals surface area contributed by atoms with Gasteiger partial charge in [0.25, 0.3) is 5.91 Å². The summed E-state index contributed by atoms with van der Waals surface area (Å²) in [5.41, 5.74) is -4.94. The van der Waals surface area contributed by atoms with Crippen LogP contribution in [0.15, 0.2) is 29.2 Å². The zero-order chi connectivity index (χ0) is 30.3. The average molecular weight is 591 g/mol. The molecule has 14 heteroatoms. The number of carboxylic acids is 1. The van der Waals surface area contributed by atoms with E-state index >= 15 is 13.2 Å². The highest BCUT2D eigenvalue weighted by Gasteiger charge is 2.62. The first-order chi connectivity index (χ1) is 19.7. The zero-order valence-corrected chi connectivity index (χ0v) is 22.2. The Morgan fingerprint density at radius 2 is 1.67 bits per heavy atom. The monoisotopic (exact) mass is 590 g/mol. The lowest BCUT2D eigenvalue weighted by molar-refractivity contribution is -0.150. The number of amides is 1. The maximum atomic E-state index is 15.3. The molecule has 1 saturated heterocycles. The molecule has 10 nitrogen and oxygen atoms in total. The van der Waals surface area contributed by atoms with Crippen LogP contribution in [-0.4, -0.2) is 67.6 Å². The molecule has 3 unspecified atom stereocenters. The molecule has 2 bridgehead atoms. The molecular formula is C28H26F4N4O6. The van der Waals surface area contributed by atoms with E-state index in [1.807, 2.05) is 0 Å². The lowest BCUT2D eigenvalue weighted by Gasteiger charge is -2.31. The number of fused-ring (bicyclic) bond motifs is 3. The lowest BCUT2D eigenvalue weighted by Crippen LogP contribution is -2.47.